The van der Waals surface area contributed by atoms with Crippen molar-refractivity contribution in [2.24, 2.45) is 0 Å². The van der Waals surface area contributed by atoms with Gasteiger partial charge in [-0.05, 0) is 0 Å². The third-order valence-electron chi connectivity index (χ3n) is 2.41. The van der Waals surface area contributed by atoms with Crippen LogP contribution >= 0.6 is 7.92 Å². The van der Waals surface area contributed by atoms with Crippen LogP contribution in [0.25, 0.3) is 0 Å². The molecular formula is C15H14FeP. The Balaban J connectivity index is 2.36. The summed E-state index contributed by atoms with van der Waals surface area (Å²) in [6.45, 7) is 0. The van der Waals surface area contributed by atoms with Gasteiger partial charge in [0.15, 0.2) is 0 Å². The molecule has 0 atom stereocenters. The average molecular weight is 281 g/mol. The van der Waals surface area contributed by atoms with Crippen LogP contribution in [0.2, 0.25) is 5.32 Å². The molecule has 2 aromatic carbocycles. The van der Waals surface area contributed by atoms with Crippen LogP contribution in [0.4, 0.5) is 0 Å². The maximum absolute atomic E-state index is 3.87. The van der Waals surface area contributed by atoms with E-state index in [0.29, 0.717) is 0 Å². The first-order valence-corrected chi connectivity index (χ1v) is 7.71. The number of allylic oxidation sites excluding steroid dienone is 1. The normalized spacial score (nSPS) is 11.2. The summed E-state index contributed by atoms with van der Waals surface area (Å²) in [5.41, 5.74) is 0. The molecule has 0 saturated carbocycles. The second kappa shape index (κ2) is 6.77. The Morgan fingerprint density at radius 1 is 0.824 bits per heavy atom. The Morgan fingerprint density at radius 2 is 1.29 bits per heavy atom. The maximum atomic E-state index is 3.87. The first-order chi connectivity index (χ1) is 8.42. The topological polar surface area (TPSA) is 0 Å². The van der Waals surface area contributed by atoms with E-state index < -0.39 is 0 Å². The van der Waals surface area contributed by atoms with Crippen LogP contribution in [0.15, 0.2) is 72.6 Å². The molecule has 0 N–H and O–H groups in total. The van der Waals surface area contributed by atoms with Crippen molar-refractivity contribution >= 4 is 18.5 Å². The molecule has 2 heteroatoms. The summed E-state index contributed by atoms with van der Waals surface area (Å²) in [5, 5.41) is 3.62. The molecular weight excluding hydrogens is 267 g/mol. The van der Waals surface area contributed by atoms with Crippen molar-refractivity contribution in [1.82, 2.24) is 0 Å². The summed E-state index contributed by atoms with van der Waals surface area (Å²) in [6, 6.07) is 21.3. The van der Waals surface area contributed by atoms with Crippen molar-refractivity contribution in [3.8, 4) is 0 Å². The van der Waals surface area contributed by atoms with Gasteiger partial charge < -0.3 is 0 Å². The van der Waals surface area contributed by atoms with Gasteiger partial charge in [-0.2, -0.15) is 0 Å². The van der Waals surface area contributed by atoms with Crippen LogP contribution in [0.1, 0.15) is 0 Å². The quantitative estimate of drug-likeness (QED) is 0.593. The van der Waals surface area contributed by atoms with Crippen LogP contribution in [0.5, 0.6) is 0 Å². The Hall–Kier alpha value is -0.871. The molecule has 0 unspecified atom stereocenters. The molecule has 2 aromatic rings. The molecule has 87 valence electrons. The van der Waals surface area contributed by atoms with Crippen LogP contribution in [0.3, 0.4) is 0 Å². The predicted molar refractivity (Wildman–Crippen MR) is 73.0 cm³/mol. The Kier molecular flexibility index (Phi) is 5.01. The average Bonchev–Trinajstić information content (AvgIpc) is 2.42. The summed E-state index contributed by atoms with van der Waals surface area (Å²) in [6.07, 6.45) is 2.16. The fraction of sp³-hybridized carbons (Fsp3) is 0.0667. The molecule has 0 radical (unpaired) electrons. The molecule has 0 nitrogen and oxygen atoms in total. The zero-order valence-electron chi connectivity index (χ0n) is 9.44. The monoisotopic (exact) mass is 281 g/mol. The Labute approximate surface area is 112 Å². The molecule has 0 aliphatic rings. The summed E-state index contributed by atoms with van der Waals surface area (Å²) >= 11 is 3.87. The van der Waals surface area contributed by atoms with Gasteiger partial charge in [0.1, 0.15) is 0 Å². The molecule has 0 saturated heterocycles. The van der Waals surface area contributed by atoms with Gasteiger partial charge in [0.05, 0.1) is 0 Å². The summed E-state index contributed by atoms with van der Waals surface area (Å²) in [4.78, 5) is 0. The third-order valence-corrected chi connectivity index (χ3v) is 4.88. The molecule has 0 bridgehead atoms. The van der Waals surface area contributed by atoms with E-state index in [1.54, 1.807) is 0 Å². The van der Waals surface area contributed by atoms with Crippen molar-refractivity contribution in [3.05, 3.63) is 72.6 Å². The van der Waals surface area contributed by atoms with Gasteiger partial charge in [-0.1, -0.05) is 0 Å². The summed E-state index contributed by atoms with van der Waals surface area (Å²) in [7, 11) is -0.377. The third kappa shape index (κ3) is 3.54. The molecule has 0 aliphatic heterocycles. The van der Waals surface area contributed by atoms with Crippen LogP contribution < -0.4 is 10.6 Å². The van der Waals surface area contributed by atoms with Gasteiger partial charge in [-0.3, -0.25) is 0 Å². The molecule has 17 heavy (non-hydrogen) atoms. The minimum absolute atomic E-state index is 0.377. The number of hydrogen-bond donors (Lipinski definition) is 0. The van der Waals surface area contributed by atoms with E-state index in [1.807, 2.05) is 0 Å². The molecule has 0 fully saturated rings. The van der Waals surface area contributed by atoms with Crippen molar-refractivity contribution < 1.29 is 16.0 Å². The van der Waals surface area contributed by atoms with Crippen molar-refractivity contribution in [1.29, 1.82) is 0 Å². The van der Waals surface area contributed by atoms with Crippen molar-refractivity contribution in [3.63, 3.8) is 0 Å². The van der Waals surface area contributed by atoms with Gasteiger partial charge >= 0.3 is 112 Å². The molecule has 0 spiro atoms. The van der Waals surface area contributed by atoms with E-state index in [0.717, 1.165) is 5.32 Å². The predicted octanol–water partition coefficient (Wildman–Crippen LogP) is 3.60. The van der Waals surface area contributed by atoms with E-state index in [1.165, 1.54) is 10.6 Å². The van der Waals surface area contributed by atoms with Crippen LogP contribution in [-0.2, 0) is 16.0 Å². The van der Waals surface area contributed by atoms with E-state index >= 15 is 0 Å². The first kappa shape index (κ1) is 12.6. The van der Waals surface area contributed by atoms with Gasteiger partial charge in [-0.15, -0.1) is 0 Å². The van der Waals surface area contributed by atoms with Gasteiger partial charge in [-0.25, -0.2) is 0 Å². The minimum atomic E-state index is -0.377. The van der Waals surface area contributed by atoms with E-state index in [4.69, 9.17) is 0 Å². The molecule has 0 aromatic heterocycles. The number of benzene rings is 2. The van der Waals surface area contributed by atoms with Gasteiger partial charge in [0, 0.05) is 0 Å². The fourth-order valence-corrected chi connectivity index (χ4v) is 3.90. The van der Waals surface area contributed by atoms with Crippen LogP contribution in [-0.4, -0.2) is 0 Å². The van der Waals surface area contributed by atoms with E-state index in [9.17, 15) is 0 Å². The molecule has 0 amide bonds. The summed E-state index contributed by atoms with van der Waals surface area (Å²) < 4.78 is 0. The van der Waals surface area contributed by atoms with Gasteiger partial charge in [0.25, 0.3) is 0 Å². The van der Waals surface area contributed by atoms with E-state index in [-0.39, 0.29) is 7.92 Å². The standard InChI is InChI=1S/C15H14P.Fe/c1-2-13-16(14-9-5-3-6-10-14)15-11-7-4-8-12-15;/h2-13H,1H2;. The summed E-state index contributed by atoms with van der Waals surface area (Å²) in [5.74, 6) is 2.30. The SMILES string of the molecule is [Fe][CH2]C=CP(c1ccccc1)c1ccccc1. The zero-order chi connectivity index (χ0) is 11.9. The Morgan fingerprint density at radius 3 is 1.71 bits per heavy atom. The molecule has 2 rings (SSSR count). The van der Waals surface area contributed by atoms with E-state index in [2.05, 4.69) is 88.6 Å². The molecule has 0 heterocycles. The van der Waals surface area contributed by atoms with Crippen molar-refractivity contribution in [2.75, 3.05) is 0 Å². The second-order valence-corrected chi connectivity index (χ2v) is 6.09. The number of hydrogen-bond acceptors (Lipinski definition) is 0. The van der Waals surface area contributed by atoms with Crippen molar-refractivity contribution in [2.45, 2.75) is 5.32 Å². The van der Waals surface area contributed by atoms with Gasteiger partial charge in [0.2, 0.25) is 0 Å². The zero-order valence-corrected chi connectivity index (χ0v) is 11.4. The Bertz CT molecular complexity index is 425. The van der Waals surface area contributed by atoms with Crippen LogP contribution in [0, 0.1) is 0 Å². The first-order valence-electron chi connectivity index (χ1n) is 5.52. The molecule has 0 aliphatic carbocycles. The second-order valence-electron chi connectivity index (χ2n) is 3.57. The fourth-order valence-electron chi connectivity index (χ4n) is 1.64. The number of rotatable bonds is 4.